The van der Waals surface area contributed by atoms with Crippen LogP contribution in [0.2, 0.25) is 0 Å². The molecule has 0 fully saturated rings. The first-order chi connectivity index (χ1) is 25.0. The van der Waals surface area contributed by atoms with Gasteiger partial charge in [-0.1, -0.05) is 133 Å². The van der Waals surface area contributed by atoms with Crippen molar-refractivity contribution in [1.29, 1.82) is 0 Å². The Morgan fingerprint density at radius 3 is 1.15 bits per heavy atom. The Balaban J connectivity index is 1.07. The molecule has 3 heterocycles. The number of nitrogens with zero attached hydrogens (tertiary/aromatic N) is 3. The summed E-state index contributed by atoms with van der Waals surface area (Å²) in [7, 11) is 0. The van der Waals surface area contributed by atoms with Crippen LogP contribution < -0.4 is 0 Å². The van der Waals surface area contributed by atoms with Gasteiger partial charge in [0, 0.05) is 44.0 Å². The van der Waals surface area contributed by atoms with E-state index in [0.29, 0.717) is 0 Å². The quantitative estimate of drug-likeness (QED) is 0.182. The third-order valence-corrected chi connectivity index (χ3v) is 10.7. The number of rotatable bonds is 4. The van der Waals surface area contributed by atoms with E-state index in [1.54, 1.807) is 0 Å². The van der Waals surface area contributed by atoms with E-state index in [1.807, 2.05) is 0 Å². The van der Waals surface area contributed by atoms with E-state index >= 15 is 0 Å². The van der Waals surface area contributed by atoms with Gasteiger partial charge >= 0.3 is 0 Å². The summed E-state index contributed by atoms with van der Waals surface area (Å²) in [6.07, 6.45) is 0. The number of hydrogen-bond acceptors (Lipinski definition) is 1. The molecular formula is C49H43N3. The summed E-state index contributed by atoms with van der Waals surface area (Å²) in [5, 5.41) is 5.10. The van der Waals surface area contributed by atoms with Gasteiger partial charge in [0.15, 0.2) is 0 Å². The number of para-hydroxylation sites is 2. The lowest BCUT2D eigenvalue weighted by Crippen LogP contribution is -2.10. The van der Waals surface area contributed by atoms with Gasteiger partial charge in [0.2, 0.25) is 0 Å². The normalized spacial score (nSPS) is 12.4. The summed E-state index contributed by atoms with van der Waals surface area (Å²) in [4.78, 5) is 5.16. The second-order valence-corrected chi connectivity index (χ2v) is 16.2. The van der Waals surface area contributed by atoms with Gasteiger partial charge < -0.3 is 9.13 Å². The molecule has 0 bridgehead atoms. The van der Waals surface area contributed by atoms with E-state index in [0.717, 1.165) is 33.9 Å². The van der Waals surface area contributed by atoms with Crippen molar-refractivity contribution in [3.05, 3.63) is 163 Å². The van der Waals surface area contributed by atoms with E-state index in [1.165, 1.54) is 54.7 Å². The summed E-state index contributed by atoms with van der Waals surface area (Å²) in [5.74, 6) is 0. The standard InChI is InChI=1S/C49H43N3/c1-48(2,3)34-22-28-40-38-12-7-9-16-44(38)51(46(40)30-34)36-24-18-32(19-25-36)42-14-11-15-43(50-42)33-20-26-37(27-21-33)52-45-17-10-8-13-39(45)41-29-23-35(31-47(41)52)49(4,5)6/h7-31H,1-6H3. The molecule has 0 aliphatic heterocycles. The van der Waals surface area contributed by atoms with Crippen LogP contribution in [0.5, 0.6) is 0 Å². The molecule has 0 N–H and O–H groups in total. The zero-order valence-electron chi connectivity index (χ0n) is 30.8. The van der Waals surface area contributed by atoms with E-state index in [-0.39, 0.29) is 10.8 Å². The highest BCUT2D eigenvalue weighted by molar-refractivity contribution is 6.10. The first-order valence-electron chi connectivity index (χ1n) is 18.3. The van der Waals surface area contributed by atoms with Crippen molar-refractivity contribution in [2.45, 2.75) is 52.4 Å². The van der Waals surface area contributed by atoms with Crippen LogP contribution in [-0.4, -0.2) is 14.1 Å². The third kappa shape index (κ3) is 5.31. The fourth-order valence-corrected chi connectivity index (χ4v) is 7.75. The molecule has 0 saturated carbocycles. The number of fused-ring (bicyclic) bond motifs is 6. The smallest absolute Gasteiger partial charge is 0.0709 e. The molecule has 0 spiro atoms. The van der Waals surface area contributed by atoms with E-state index < -0.39 is 0 Å². The summed E-state index contributed by atoms with van der Waals surface area (Å²) in [6.45, 7) is 13.7. The summed E-state index contributed by atoms with van der Waals surface area (Å²) in [5.41, 5.74) is 14.1. The van der Waals surface area contributed by atoms with Crippen molar-refractivity contribution in [2.24, 2.45) is 0 Å². The molecule has 6 aromatic carbocycles. The van der Waals surface area contributed by atoms with Crippen LogP contribution >= 0.6 is 0 Å². The zero-order valence-corrected chi connectivity index (χ0v) is 30.8. The molecule has 3 heteroatoms. The van der Waals surface area contributed by atoms with Crippen molar-refractivity contribution in [3.63, 3.8) is 0 Å². The van der Waals surface area contributed by atoms with Gasteiger partial charge in [-0.25, -0.2) is 4.98 Å². The molecule has 0 aliphatic carbocycles. The van der Waals surface area contributed by atoms with E-state index in [4.69, 9.17) is 4.98 Å². The molecule has 0 atom stereocenters. The number of benzene rings is 6. The molecule has 0 aliphatic rings. The molecule has 3 nitrogen and oxygen atoms in total. The third-order valence-electron chi connectivity index (χ3n) is 10.7. The lowest BCUT2D eigenvalue weighted by atomic mass is 9.86. The average molecular weight is 674 g/mol. The van der Waals surface area contributed by atoms with Crippen LogP contribution in [0.25, 0.3) is 77.5 Å². The Hall–Kier alpha value is -5.93. The van der Waals surface area contributed by atoms with Crippen molar-refractivity contribution < 1.29 is 0 Å². The maximum Gasteiger partial charge on any atom is 0.0709 e. The van der Waals surface area contributed by atoms with Crippen LogP contribution in [0.3, 0.4) is 0 Å². The lowest BCUT2D eigenvalue weighted by Gasteiger charge is -2.19. The van der Waals surface area contributed by atoms with E-state index in [2.05, 4.69) is 202 Å². The highest BCUT2D eigenvalue weighted by Gasteiger charge is 2.20. The van der Waals surface area contributed by atoms with Crippen LogP contribution in [0.4, 0.5) is 0 Å². The Kier molecular flexibility index (Phi) is 7.27. The number of hydrogen-bond donors (Lipinski definition) is 0. The fourth-order valence-electron chi connectivity index (χ4n) is 7.75. The van der Waals surface area contributed by atoms with Gasteiger partial charge in [-0.15, -0.1) is 0 Å². The van der Waals surface area contributed by atoms with Gasteiger partial charge in [-0.2, -0.15) is 0 Å². The van der Waals surface area contributed by atoms with Gasteiger partial charge in [0.05, 0.1) is 33.5 Å². The van der Waals surface area contributed by atoms with Crippen LogP contribution in [0.15, 0.2) is 152 Å². The predicted molar refractivity (Wildman–Crippen MR) is 221 cm³/mol. The molecule has 9 rings (SSSR count). The molecule has 0 saturated heterocycles. The van der Waals surface area contributed by atoms with Crippen molar-refractivity contribution in [1.82, 2.24) is 14.1 Å². The average Bonchev–Trinajstić information content (AvgIpc) is 3.67. The topological polar surface area (TPSA) is 22.8 Å². The van der Waals surface area contributed by atoms with Gasteiger partial charge in [0.25, 0.3) is 0 Å². The lowest BCUT2D eigenvalue weighted by molar-refractivity contribution is 0.590. The molecule has 0 radical (unpaired) electrons. The summed E-state index contributed by atoms with van der Waals surface area (Å²) < 4.78 is 4.80. The molecular weight excluding hydrogens is 631 g/mol. The molecule has 0 unspecified atom stereocenters. The molecule has 52 heavy (non-hydrogen) atoms. The van der Waals surface area contributed by atoms with Gasteiger partial charge in [0.1, 0.15) is 0 Å². The molecule has 254 valence electrons. The summed E-state index contributed by atoms with van der Waals surface area (Å²) in [6, 6.07) is 55.3. The highest BCUT2D eigenvalue weighted by Crippen LogP contribution is 2.37. The summed E-state index contributed by atoms with van der Waals surface area (Å²) >= 11 is 0. The first-order valence-corrected chi connectivity index (χ1v) is 18.3. The minimum absolute atomic E-state index is 0.0670. The zero-order chi connectivity index (χ0) is 35.8. The SMILES string of the molecule is CC(C)(C)c1ccc2c3ccccc3n(-c3ccc(-c4cccc(-c5ccc(-n6c7ccccc7c7ccc(C(C)(C)C)cc76)cc5)n4)cc3)c2c1. The molecule has 3 aromatic heterocycles. The minimum Gasteiger partial charge on any atom is -0.309 e. The minimum atomic E-state index is 0.0670. The van der Waals surface area contributed by atoms with E-state index in [9.17, 15) is 0 Å². The Labute approximate surface area is 305 Å². The Bertz CT molecular complexity index is 2590. The maximum absolute atomic E-state index is 5.16. The number of pyridine rings is 1. The molecule has 0 amide bonds. The van der Waals surface area contributed by atoms with Gasteiger partial charge in [-0.05, 0) is 82.6 Å². The van der Waals surface area contributed by atoms with Crippen molar-refractivity contribution in [2.75, 3.05) is 0 Å². The van der Waals surface area contributed by atoms with Crippen LogP contribution in [-0.2, 0) is 10.8 Å². The second-order valence-electron chi connectivity index (χ2n) is 16.2. The second kappa shape index (κ2) is 11.8. The largest absolute Gasteiger partial charge is 0.309 e. The van der Waals surface area contributed by atoms with Crippen molar-refractivity contribution in [3.8, 4) is 33.9 Å². The number of aromatic nitrogens is 3. The van der Waals surface area contributed by atoms with Crippen LogP contribution in [0, 0.1) is 0 Å². The van der Waals surface area contributed by atoms with Crippen LogP contribution in [0.1, 0.15) is 52.7 Å². The first kappa shape index (κ1) is 32.0. The highest BCUT2D eigenvalue weighted by atomic mass is 15.0. The monoisotopic (exact) mass is 673 g/mol. The maximum atomic E-state index is 5.16. The van der Waals surface area contributed by atoms with Gasteiger partial charge in [-0.3, -0.25) is 0 Å². The Morgan fingerprint density at radius 1 is 0.365 bits per heavy atom. The fraction of sp³-hybridized carbons (Fsp3) is 0.163. The van der Waals surface area contributed by atoms with Crippen molar-refractivity contribution >= 4 is 43.6 Å². The molecule has 9 aromatic rings. The predicted octanol–water partition coefficient (Wildman–Crippen LogP) is 13.2. The Morgan fingerprint density at radius 2 is 0.750 bits per heavy atom.